The maximum atomic E-state index is 10.1. The highest BCUT2D eigenvalue weighted by molar-refractivity contribution is 7.16. The summed E-state index contributed by atoms with van der Waals surface area (Å²) in [5.41, 5.74) is 0. The van der Waals surface area contributed by atoms with Gasteiger partial charge in [0, 0.05) is 0 Å². The van der Waals surface area contributed by atoms with Gasteiger partial charge in [-0.2, -0.15) is 0 Å². The molecule has 0 saturated heterocycles. The first kappa shape index (κ1) is 7.61. The lowest BCUT2D eigenvalue weighted by atomic mass is 10.8. The maximum Gasteiger partial charge on any atom is 0.344 e. The number of nitro groups is 1. The number of thiazole rings is 1. The van der Waals surface area contributed by atoms with Crippen molar-refractivity contribution in [3.8, 4) is 0 Å². The molecule has 0 amide bonds. The molecular weight excluding hydrogens is 170 g/mol. The van der Waals surface area contributed by atoms with E-state index < -0.39 is 4.92 Å². The van der Waals surface area contributed by atoms with Gasteiger partial charge in [-0.05, 0) is 11.3 Å². The number of hydrogen-bond donors (Lipinski definition) is 1. The van der Waals surface area contributed by atoms with E-state index in [1.54, 1.807) is 0 Å². The summed E-state index contributed by atoms with van der Waals surface area (Å²) in [7, 11) is 0. The molecule has 0 atom stereocenters. The first-order valence-corrected chi connectivity index (χ1v) is 3.33. The van der Waals surface area contributed by atoms with Gasteiger partial charge in [-0.15, -0.1) is 0 Å². The van der Waals surface area contributed by atoms with E-state index >= 15 is 0 Å². The molecule has 0 bridgehead atoms. The molecule has 0 spiro atoms. The van der Waals surface area contributed by atoms with Crippen LogP contribution in [-0.2, 0) is 0 Å². The van der Waals surface area contributed by atoms with Crippen molar-refractivity contribution in [2.75, 3.05) is 0 Å². The fourth-order valence-electron chi connectivity index (χ4n) is 0.472. The molecule has 7 heteroatoms. The minimum atomic E-state index is -0.549. The highest BCUT2D eigenvalue weighted by Gasteiger charge is 2.09. The lowest BCUT2D eigenvalue weighted by Gasteiger charge is -1.77. The van der Waals surface area contributed by atoms with Gasteiger partial charge in [-0.3, -0.25) is 10.1 Å². The molecule has 0 saturated carbocycles. The summed E-state index contributed by atoms with van der Waals surface area (Å²) < 4.78 is 0. The summed E-state index contributed by atoms with van der Waals surface area (Å²) in [5, 5.41) is 21.0. The van der Waals surface area contributed by atoms with E-state index in [0.717, 1.165) is 23.7 Å². The second-order valence-corrected chi connectivity index (χ2v) is 2.58. The summed E-state index contributed by atoms with van der Waals surface area (Å²) >= 11 is 0.846. The molecule has 0 radical (unpaired) electrons. The number of oxime groups is 1. The predicted molar refractivity (Wildman–Crippen MR) is 38.1 cm³/mol. The van der Waals surface area contributed by atoms with E-state index in [2.05, 4.69) is 10.1 Å². The van der Waals surface area contributed by atoms with Crippen molar-refractivity contribution in [2.24, 2.45) is 5.16 Å². The number of hydrogen-bond acceptors (Lipinski definition) is 6. The lowest BCUT2D eigenvalue weighted by molar-refractivity contribution is -0.380. The number of nitrogens with zero attached hydrogens (tertiary/aromatic N) is 3. The molecule has 0 aliphatic carbocycles. The van der Waals surface area contributed by atoms with Crippen molar-refractivity contribution in [1.29, 1.82) is 0 Å². The highest BCUT2D eigenvalue weighted by Crippen LogP contribution is 2.18. The van der Waals surface area contributed by atoms with Crippen LogP contribution in [0.25, 0.3) is 0 Å². The summed E-state index contributed by atoms with van der Waals surface area (Å²) in [5.74, 6) is 0. The molecule has 0 aliphatic rings. The summed E-state index contributed by atoms with van der Waals surface area (Å²) in [6, 6.07) is 0. The van der Waals surface area contributed by atoms with Gasteiger partial charge in [0.2, 0.25) is 0 Å². The summed E-state index contributed by atoms with van der Waals surface area (Å²) in [6.07, 6.45) is 2.15. The zero-order chi connectivity index (χ0) is 8.27. The first-order chi connectivity index (χ1) is 5.24. The zero-order valence-corrected chi connectivity index (χ0v) is 5.98. The van der Waals surface area contributed by atoms with E-state index in [9.17, 15) is 10.1 Å². The average molecular weight is 173 g/mol. The van der Waals surface area contributed by atoms with Gasteiger partial charge in [0.1, 0.15) is 17.4 Å². The lowest BCUT2D eigenvalue weighted by Crippen LogP contribution is -1.80. The Bertz CT molecular complexity index is 295. The zero-order valence-electron chi connectivity index (χ0n) is 5.17. The van der Waals surface area contributed by atoms with Crippen LogP contribution in [0.1, 0.15) is 5.01 Å². The molecule has 1 N–H and O–H groups in total. The quantitative estimate of drug-likeness (QED) is 0.311. The minimum Gasteiger partial charge on any atom is -0.411 e. The maximum absolute atomic E-state index is 10.1. The Morgan fingerprint density at radius 2 is 2.64 bits per heavy atom. The topological polar surface area (TPSA) is 88.6 Å². The SMILES string of the molecule is O=[N+]([O-])c1cnc(C=NO)s1. The van der Waals surface area contributed by atoms with Gasteiger partial charge in [-0.25, -0.2) is 4.98 Å². The Hall–Kier alpha value is -1.50. The standard InChI is InChI=1S/C4H3N3O3S/c8-6-1-3-5-2-4(11-3)7(9)10/h1-2,8H. The Morgan fingerprint density at radius 3 is 3.09 bits per heavy atom. The normalized spacial score (nSPS) is 10.5. The Kier molecular flexibility index (Phi) is 2.12. The molecule has 1 rings (SSSR count). The van der Waals surface area contributed by atoms with Crippen LogP contribution in [0.5, 0.6) is 0 Å². The molecule has 1 heterocycles. The largest absolute Gasteiger partial charge is 0.411 e. The molecule has 1 aromatic rings. The molecular formula is C4H3N3O3S. The van der Waals surface area contributed by atoms with Crippen LogP contribution in [0.4, 0.5) is 5.00 Å². The van der Waals surface area contributed by atoms with Crippen LogP contribution in [0.15, 0.2) is 11.4 Å². The highest BCUT2D eigenvalue weighted by atomic mass is 32.1. The number of aromatic nitrogens is 1. The first-order valence-electron chi connectivity index (χ1n) is 2.51. The van der Waals surface area contributed by atoms with Crippen LogP contribution in [0.3, 0.4) is 0 Å². The molecule has 1 aromatic heterocycles. The molecule has 0 unspecified atom stereocenters. The van der Waals surface area contributed by atoms with Crippen LogP contribution in [0.2, 0.25) is 0 Å². The Morgan fingerprint density at radius 1 is 1.91 bits per heavy atom. The van der Waals surface area contributed by atoms with Crippen LogP contribution < -0.4 is 0 Å². The molecule has 11 heavy (non-hydrogen) atoms. The van der Waals surface area contributed by atoms with Gasteiger partial charge in [-0.1, -0.05) is 5.16 Å². The van der Waals surface area contributed by atoms with E-state index in [-0.39, 0.29) is 5.00 Å². The third-order valence-corrected chi connectivity index (χ3v) is 1.74. The van der Waals surface area contributed by atoms with E-state index in [0.29, 0.717) is 5.01 Å². The molecule has 0 aromatic carbocycles. The fraction of sp³-hybridized carbons (Fsp3) is 0. The Labute approximate surface area is 65.0 Å². The second-order valence-electron chi connectivity index (χ2n) is 1.54. The van der Waals surface area contributed by atoms with Gasteiger partial charge < -0.3 is 5.21 Å². The summed E-state index contributed by atoms with van der Waals surface area (Å²) in [6.45, 7) is 0. The van der Waals surface area contributed by atoms with Crippen LogP contribution >= 0.6 is 11.3 Å². The summed E-state index contributed by atoms with van der Waals surface area (Å²) in [4.78, 5) is 13.1. The fourth-order valence-corrected chi connectivity index (χ4v) is 1.07. The van der Waals surface area contributed by atoms with Crippen LogP contribution in [-0.4, -0.2) is 21.3 Å². The third kappa shape index (κ3) is 1.71. The second kappa shape index (κ2) is 3.06. The monoisotopic (exact) mass is 173 g/mol. The van der Waals surface area contributed by atoms with Gasteiger partial charge in [0.05, 0.1) is 4.92 Å². The van der Waals surface area contributed by atoms with Gasteiger partial charge in [0.25, 0.3) is 0 Å². The van der Waals surface area contributed by atoms with Crippen molar-refractivity contribution >= 4 is 22.6 Å². The van der Waals surface area contributed by atoms with E-state index in [1.807, 2.05) is 0 Å². The van der Waals surface area contributed by atoms with Crippen molar-refractivity contribution in [1.82, 2.24) is 4.98 Å². The Balaban J connectivity index is 2.90. The van der Waals surface area contributed by atoms with Crippen LogP contribution in [0, 0.1) is 10.1 Å². The predicted octanol–water partition coefficient (Wildman–Crippen LogP) is 0.859. The number of rotatable bonds is 2. The molecule has 0 aliphatic heterocycles. The van der Waals surface area contributed by atoms with E-state index in [1.165, 1.54) is 0 Å². The molecule has 6 nitrogen and oxygen atoms in total. The third-order valence-electron chi connectivity index (χ3n) is 0.859. The van der Waals surface area contributed by atoms with Gasteiger partial charge >= 0.3 is 5.00 Å². The minimum absolute atomic E-state index is 0.0695. The molecule has 0 fully saturated rings. The van der Waals surface area contributed by atoms with E-state index in [4.69, 9.17) is 5.21 Å². The van der Waals surface area contributed by atoms with Crippen molar-refractivity contribution < 1.29 is 10.1 Å². The smallest absolute Gasteiger partial charge is 0.344 e. The van der Waals surface area contributed by atoms with Crippen molar-refractivity contribution in [3.63, 3.8) is 0 Å². The molecule has 58 valence electrons. The van der Waals surface area contributed by atoms with Crippen molar-refractivity contribution in [2.45, 2.75) is 0 Å². The van der Waals surface area contributed by atoms with Gasteiger partial charge in [0.15, 0.2) is 0 Å². The average Bonchev–Trinajstić information content (AvgIpc) is 2.37. The van der Waals surface area contributed by atoms with Crippen molar-refractivity contribution in [3.05, 3.63) is 21.3 Å².